The molecule has 90 valence electrons. The summed E-state index contributed by atoms with van der Waals surface area (Å²) in [6.45, 7) is 4.09. The van der Waals surface area contributed by atoms with E-state index in [1.807, 2.05) is 0 Å². The summed E-state index contributed by atoms with van der Waals surface area (Å²) >= 11 is 0. The van der Waals surface area contributed by atoms with E-state index in [-0.39, 0.29) is 6.04 Å². The van der Waals surface area contributed by atoms with Crippen LogP contribution in [-0.2, 0) is 6.42 Å². The standard InChI is InChI=1S/C11H21N5/c1-2-3-6-10-13-11(15-14-10)16-7-4-5-9(12)8-16/h9H,2-8,12H2,1H3,(H,13,14,15). The number of aromatic amines is 1. The molecule has 5 nitrogen and oxygen atoms in total. The summed E-state index contributed by atoms with van der Waals surface area (Å²) in [6, 6.07) is 0.270. The first-order valence-corrected chi connectivity index (χ1v) is 6.21. The second-order valence-corrected chi connectivity index (χ2v) is 4.53. The minimum Gasteiger partial charge on any atom is -0.338 e. The number of anilines is 1. The predicted octanol–water partition coefficient (Wildman–Crippen LogP) is 1.07. The van der Waals surface area contributed by atoms with Gasteiger partial charge in [-0.2, -0.15) is 4.98 Å². The van der Waals surface area contributed by atoms with Crippen LogP contribution >= 0.6 is 0 Å². The van der Waals surface area contributed by atoms with E-state index in [0.717, 1.165) is 50.5 Å². The Bertz CT molecular complexity index is 322. The summed E-state index contributed by atoms with van der Waals surface area (Å²) in [7, 11) is 0. The highest BCUT2D eigenvalue weighted by Crippen LogP contribution is 2.15. The number of piperidine rings is 1. The van der Waals surface area contributed by atoms with Crippen molar-refractivity contribution in [2.24, 2.45) is 5.73 Å². The molecule has 0 amide bonds. The van der Waals surface area contributed by atoms with Gasteiger partial charge in [0.2, 0.25) is 5.95 Å². The lowest BCUT2D eigenvalue weighted by Gasteiger charge is -2.29. The highest BCUT2D eigenvalue weighted by molar-refractivity contribution is 5.29. The number of hydrogen-bond donors (Lipinski definition) is 2. The lowest BCUT2D eigenvalue weighted by molar-refractivity contribution is 0.500. The number of rotatable bonds is 4. The van der Waals surface area contributed by atoms with Gasteiger partial charge in [-0.25, -0.2) is 0 Å². The van der Waals surface area contributed by atoms with Gasteiger partial charge in [0, 0.05) is 25.6 Å². The van der Waals surface area contributed by atoms with E-state index in [2.05, 4.69) is 27.0 Å². The number of nitrogens with two attached hydrogens (primary N) is 1. The molecule has 1 atom stereocenters. The SMILES string of the molecule is CCCCc1nc(N2CCCC(N)C2)n[nH]1. The minimum atomic E-state index is 0.270. The van der Waals surface area contributed by atoms with Crippen molar-refractivity contribution in [2.75, 3.05) is 18.0 Å². The molecule has 1 saturated heterocycles. The molecule has 3 N–H and O–H groups in total. The molecule has 0 saturated carbocycles. The highest BCUT2D eigenvalue weighted by Gasteiger charge is 2.19. The van der Waals surface area contributed by atoms with Crippen molar-refractivity contribution in [3.63, 3.8) is 0 Å². The number of aromatic nitrogens is 3. The van der Waals surface area contributed by atoms with Gasteiger partial charge in [0.1, 0.15) is 5.82 Å². The fraction of sp³-hybridized carbons (Fsp3) is 0.818. The number of nitrogens with one attached hydrogen (secondary N) is 1. The maximum Gasteiger partial charge on any atom is 0.244 e. The van der Waals surface area contributed by atoms with E-state index < -0.39 is 0 Å². The van der Waals surface area contributed by atoms with Gasteiger partial charge in [-0.05, 0) is 19.3 Å². The van der Waals surface area contributed by atoms with Gasteiger partial charge >= 0.3 is 0 Å². The van der Waals surface area contributed by atoms with Crippen LogP contribution in [-0.4, -0.2) is 34.3 Å². The topological polar surface area (TPSA) is 70.8 Å². The average Bonchev–Trinajstić information content (AvgIpc) is 2.75. The number of nitrogens with zero attached hydrogens (tertiary/aromatic N) is 3. The molecule has 1 aliphatic rings. The molecule has 1 aromatic rings. The van der Waals surface area contributed by atoms with E-state index in [1.54, 1.807) is 0 Å². The molecule has 5 heteroatoms. The lowest BCUT2D eigenvalue weighted by atomic mass is 10.1. The molecule has 1 aliphatic heterocycles. The number of unbranched alkanes of at least 4 members (excludes halogenated alkanes) is 1. The van der Waals surface area contributed by atoms with Crippen LogP contribution in [0.2, 0.25) is 0 Å². The molecular weight excluding hydrogens is 202 g/mol. The number of hydrogen-bond acceptors (Lipinski definition) is 4. The Morgan fingerprint density at radius 1 is 1.56 bits per heavy atom. The zero-order valence-corrected chi connectivity index (χ0v) is 9.95. The third-order valence-corrected chi connectivity index (χ3v) is 3.03. The van der Waals surface area contributed by atoms with Crippen molar-refractivity contribution in [2.45, 2.75) is 45.1 Å². The Morgan fingerprint density at radius 2 is 2.44 bits per heavy atom. The molecule has 0 bridgehead atoms. The quantitative estimate of drug-likeness (QED) is 0.801. The van der Waals surface area contributed by atoms with Crippen molar-refractivity contribution in [1.29, 1.82) is 0 Å². The molecular formula is C11H21N5. The van der Waals surface area contributed by atoms with Crippen molar-refractivity contribution in [3.05, 3.63) is 5.82 Å². The van der Waals surface area contributed by atoms with Gasteiger partial charge in [-0.3, -0.25) is 5.10 Å². The zero-order chi connectivity index (χ0) is 11.4. The first kappa shape index (κ1) is 11.4. The monoisotopic (exact) mass is 223 g/mol. The van der Waals surface area contributed by atoms with Crippen LogP contribution in [0.1, 0.15) is 38.4 Å². The van der Waals surface area contributed by atoms with Crippen LogP contribution in [0, 0.1) is 0 Å². The van der Waals surface area contributed by atoms with Gasteiger partial charge < -0.3 is 10.6 Å². The van der Waals surface area contributed by atoms with Crippen LogP contribution in [0.15, 0.2) is 0 Å². The average molecular weight is 223 g/mol. The molecule has 2 rings (SSSR count). The fourth-order valence-corrected chi connectivity index (χ4v) is 2.07. The molecule has 0 radical (unpaired) electrons. The Morgan fingerprint density at radius 3 is 3.19 bits per heavy atom. The molecule has 2 heterocycles. The fourth-order valence-electron chi connectivity index (χ4n) is 2.07. The zero-order valence-electron chi connectivity index (χ0n) is 9.95. The Hall–Kier alpha value is -1.10. The maximum atomic E-state index is 5.94. The summed E-state index contributed by atoms with van der Waals surface area (Å²) < 4.78 is 0. The smallest absolute Gasteiger partial charge is 0.244 e. The molecule has 1 unspecified atom stereocenters. The van der Waals surface area contributed by atoms with Crippen LogP contribution in [0.4, 0.5) is 5.95 Å². The first-order chi connectivity index (χ1) is 7.79. The van der Waals surface area contributed by atoms with E-state index in [9.17, 15) is 0 Å². The number of H-pyrrole nitrogens is 1. The summed E-state index contributed by atoms with van der Waals surface area (Å²) in [5, 5.41) is 7.27. The Balaban J connectivity index is 1.95. The first-order valence-electron chi connectivity index (χ1n) is 6.21. The van der Waals surface area contributed by atoms with Crippen LogP contribution < -0.4 is 10.6 Å². The van der Waals surface area contributed by atoms with E-state index in [1.165, 1.54) is 6.42 Å². The van der Waals surface area contributed by atoms with Crippen molar-refractivity contribution < 1.29 is 0 Å². The lowest BCUT2D eigenvalue weighted by Crippen LogP contribution is -2.43. The van der Waals surface area contributed by atoms with Crippen LogP contribution in [0.25, 0.3) is 0 Å². The molecule has 1 aromatic heterocycles. The summed E-state index contributed by atoms with van der Waals surface area (Å²) in [5.41, 5.74) is 5.94. The maximum absolute atomic E-state index is 5.94. The van der Waals surface area contributed by atoms with E-state index in [4.69, 9.17) is 5.73 Å². The summed E-state index contributed by atoms with van der Waals surface area (Å²) in [5.74, 6) is 1.82. The van der Waals surface area contributed by atoms with Gasteiger partial charge in [-0.15, -0.1) is 5.10 Å². The van der Waals surface area contributed by atoms with Gasteiger partial charge in [0.05, 0.1) is 0 Å². The molecule has 0 aliphatic carbocycles. The van der Waals surface area contributed by atoms with Gasteiger partial charge in [0.25, 0.3) is 0 Å². The summed E-state index contributed by atoms with van der Waals surface area (Å²) in [6.07, 6.45) is 5.59. The van der Waals surface area contributed by atoms with E-state index >= 15 is 0 Å². The van der Waals surface area contributed by atoms with Gasteiger partial charge in [0.15, 0.2) is 0 Å². The second kappa shape index (κ2) is 5.30. The molecule has 0 aromatic carbocycles. The van der Waals surface area contributed by atoms with Crippen LogP contribution in [0.5, 0.6) is 0 Å². The molecule has 16 heavy (non-hydrogen) atoms. The summed E-state index contributed by atoms with van der Waals surface area (Å²) in [4.78, 5) is 6.69. The van der Waals surface area contributed by atoms with E-state index in [0.29, 0.717) is 0 Å². The highest BCUT2D eigenvalue weighted by atomic mass is 15.4. The normalized spacial score (nSPS) is 21.4. The number of aryl methyl sites for hydroxylation is 1. The van der Waals surface area contributed by atoms with Crippen LogP contribution in [0.3, 0.4) is 0 Å². The Labute approximate surface area is 96.4 Å². The largest absolute Gasteiger partial charge is 0.338 e. The molecule has 1 fully saturated rings. The van der Waals surface area contributed by atoms with Gasteiger partial charge in [-0.1, -0.05) is 13.3 Å². The predicted molar refractivity (Wildman–Crippen MR) is 64.4 cm³/mol. The molecule has 0 spiro atoms. The van der Waals surface area contributed by atoms with Crippen molar-refractivity contribution >= 4 is 5.95 Å². The van der Waals surface area contributed by atoms with Crippen molar-refractivity contribution in [1.82, 2.24) is 15.2 Å². The van der Waals surface area contributed by atoms with Crippen molar-refractivity contribution in [3.8, 4) is 0 Å². The third-order valence-electron chi connectivity index (χ3n) is 3.03. The second-order valence-electron chi connectivity index (χ2n) is 4.53. The minimum absolute atomic E-state index is 0.270. The Kier molecular flexibility index (Phi) is 3.77. The third kappa shape index (κ3) is 2.72.